The van der Waals surface area contributed by atoms with Gasteiger partial charge in [-0.1, -0.05) is 24.3 Å². The van der Waals surface area contributed by atoms with E-state index in [1.54, 1.807) is 0 Å². The molecular formula is C12H17NO3. The number of carbonyl (C=O) groups is 2. The monoisotopic (exact) mass is 223 g/mol. The molecule has 4 heteroatoms. The molecule has 1 heterocycles. The minimum atomic E-state index is -0.691. The molecule has 2 atom stereocenters. The van der Waals surface area contributed by atoms with Crippen LogP contribution in [0.3, 0.4) is 0 Å². The Morgan fingerprint density at radius 1 is 1.19 bits per heavy atom. The molecule has 0 saturated carbocycles. The molecule has 1 saturated heterocycles. The smallest absolute Gasteiger partial charge is 0.249 e. The molecule has 2 N–H and O–H groups in total. The summed E-state index contributed by atoms with van der Waals surface area (Å²) in [4.78, 5) is 22.1. The summed E-state index contributed by atoms with van der Waals surface area (Å²) in [6.07, 6.45) is 8.75. The van der Waals surface area contributed by atoms with Crippen molar-refractivity contribution in [3.63, 3.8) is 0 Å². The summed E-state index contributed by atoms with van der Waals surface area (Å²) < 4.78 is 4.87. The van der Waals surface area contributed by atoms with Crippen molar-refractivity contribution in [1.29, 1.82) is 0 Å². The first kappa shape index (κ1) is 12.6. The van der Waals surface area contributed by atoms with Crippen LogP contribution >= 0.6 is 0 Å². The van der Waals surface area contributed by atoms with Gasteiger partial charge in [-0.15, -0.1) is 0 Å². The van der Waals surface area contributed by atoms with Crippen molar-refractivity contribution in [2.24, 2.45) is 5.73 Å². The third kappa shape index (κ3) is 3.98. The third-order valence-corrected chi connectivity index (χ3v) is 2.31. The molecule has 1 aliphatic rings. The third-order valence-electron chi connectivity index (χ3n) is 2.31. The van der Waals surface area contributed by atoms with E-state index >= 15 is 0 Å². The van der Waals surface area contributed by atoms with Gasteiger partial charge in [-0.25, -0.2) is 0 Å². The zero-order chi connectivity index (χ0) is 12.0. The Morgan fingerprint density at radius 2 is 1.88 bits per heavy atom. The maximum absolute atomic E-state index is 11.4. The zero-order valence-corrected chi connectivity index (χ0v) is 9.39. The van der Waals surface area contributed by atoms with Gasteiger partial charge >= 0.3 is 0 Å². The van der Waals surface area contributed by atoms with Gasteiger partial charge in [-0.05, 0) is 19.8 Å². The average Bonchev–Trinajstić information content (AvgIpc) is 3.02. The van der Waals surface area contributed by atoms with E-state index in [4.69, 9.17) is 10.5 Å². The van der Waals surface area contributed by atoms with Crippen LogP contribution in [-0.2, 0) is 14.3 Å². The molecule has 88 valence electrons. The summed E-state index contributed by atoms with van der Waals surface area (Å²) in [5.74, 6) is -0.638. The minimum Gasteiger partial charge on any atom is -0.367 e. The number of allylic oxidation sites excluding steroid dienone is 4. The molecule has 0 aromatic carbocycles. The lowest BCUT2D eigenvalue weighted by atomic mass is 10.1. The van der Waals surface area contributed by atoms with Crippen LogP contribution in [0.2, 0.25) is 0 Å². The summed E-state index contributed by atoms with van der Waals surface area (Å²) in [5.41, 5.74) is 4.99. The van der Waals surface area contributed by atoms with Crippen molar-refractivity contribution >= 4 is 11.7 Å². The van der Waals surface area contributed by atoms with Gasteiger partial charge in [0.1, 0.15) is 0 Å². The fraction of sp³-hybridized carbons (Fsp3) is 0.500. The van der Waals surface area contributed by atoms with E-state index in [2.05, 4.69) is 6.08 Å². The molecule has 16 heavy (non-hydrogen) atoms. The van der Waals surface area contributed by atoms with Gasteiger partial charge in [-0.3, -0.25) is 9.59 Å². The normalized spacial score (nSPS) is 24.1. The second-order valence-corrected chi connectivity index (χ2v) is 3.67. The number of ether oxygens (including phenoxy) is 1. The van der Waals surface area contributed by atoms with Gasteiger partial charge in [0.25, 0.3) is 0 Å². The van der Waals surface area contributed by atoms with Crippen LogP contribution in [0.5, 0.6) is 0 Å². The zero-order valence-electron chi connectivity index (χ0n) is 9.39. The minimum absolute atomic E-state index is 0.0777. The molecule has 0 aromatic heterocycles. The molecule has 0 bridgehead atoms. The van der Waals surface area contributed by atoms with E-state index < -0.39 is 18.1 Å². The fourth-order valence-corrected chi connectivity index (χ4v) is 1.37. The van der Waals surface area contributed by atoms with E-state index in [9.17, 15) is 9.59 Å². The average molecular weight is 223 g/mol. The Hall–Kier alpha value is -1.42. The second kappa shape index (κ2) is 6.23. The van der Waals surface area contributed by atoms with Crippen molar-refractivity contribution in [3.8, 4) is 0 Å². The maximum Gasteiger partial charge on any atom is 0.249 e. The van der Waals surface area contributed by atoms with Crippen LogP contribution in [0.4, 0.5) is 0 Å². The molecular weight excluding hydrogens is 206 g/mol. The number of primary amides is 1. The molecule has 1 rings (SSSR count). The van der Waals surface area contributed by atoms with Crippen molar-refractivity contribution in [1.82, 2.24) is 0 Å². The maximum atomic E-state index is 11.4. The first-order valence-electron chi connectivity index (χ1n) is 5.40. The lowest BCUT2D eigenvalue weighted by Crippen LogP contribution is -2.22. The number of amides is 1. The van der Waals surface area contributed by atoms with Crippen molar-refractivity contribution in [2.45, 2.75) is 38.4 Å². The van der Waals surface area contributed by atoms with Gasteiger partial charge in [0, 0.05) is 6.42 Å². The van der Waals surface area contributed by atoms with Crippen LogP contribution in [0.25, 0.3) is 0 Å². The molecule has 0 radical (unpaired) electrons. The Morgan fingerprint density at radius 3 is 2.44 bits per heavy atom. The van der Waals surface area contributed by atoms with Gasteiger partial charge < -0.3 is 10.5 Å². The molecule has 0 aromatic rings. The molecule has 4 nitrogen and oxygen atoms in total. The molecule has 1 fully saturated rings. The molecule has 0 spiro atoms. The lowest BCUT2D eigenvalue weighted by Gasteiger charge is -1.90. The molecule has 1 amide bonds. The van der Waals surface area contributed by atoms with Gasteiger partial charge in [-0.2, -0.15) is 0 Å². The lowest BCUT2D eigenvalue weighted by molar-refractivity contribution is -0.121. The van der Waals surface area contributed by atoms with E-state index in [-0.39, 0.29) is 5.78 Å². The highest BCUT2D eigenvalue weighted by molar-refractivity contribution is 5.95. The predicted molar refractivity (Wildman–Crippen MR) is 60.7 cm³/mol. The van der Waals surface area contributed by atoms with Crippen molar-refractivity contribution < 1.29 is 14.3 Å². The fourth-order valence-electron chi connectivity index (χ4n) is 1.37. The summed E-state index contributed by atoms with van der Waals surface area (Å²) >= 11 is 0. The van der Waals surface area contributed by atoms with Gasteiger partial charge in [0.05, 0.1) is 0 Å². The molecule has 1 aliphatic heterocycles. The van der Waals surface area contributed by atoms with Crippen LogP contribution in [0.15, 0.2) is 24.3 Å². The number of hydrogen-bond acceptors (Lipinski definition) is 3. The Kier molecular flexibility index (Phi) is 4.92. The highest BCUT2D eigenvalue weighted by atomic mass is 16.6. The number of hydrogen-bond donors (Lipinski definition) is 1. The SMILES string of the molecule is C/C=C/CC/C=C/CC(=O)[C@H]1O[C@H]1C(N)=O. The van der Waals surface area contributed by atoms with Gasteiger partial charge in [0.15, 0.2) is 18.0 Å². The van der Waals surface area contributed by atoms with Crippen molar-refractivity contribution in [3.05, 3.63) is 24.3 Å². The first-order valence-corrected chi connectivity index (χ1v) is 5.40. The van der Waals surface area contributed by atoms with E-state index in [1.165, 1.54) is 0 Å². The number of unbranched alkanes of at least 4 members (excludes halogenated alkanes) is 1. The van der Waals surface area contributed by atoms with E-state index in [0.717, 1.165) is 12.8 Å². The topological polar surface area (TPSA) is 72.7 Å². The van der Waals surface area contributed by atoms with E-state index in [1.807, 2.05) is 25.2 Å². The number of rotatable bonds is 7. The Labute approximate surface area is 95.1 Å². The van der Waals surface area contributed by atoms with Crippen LogP contribution < -0.4 is 5.73 Å². The summed E-state index contributed by atoms with van der Waals surface area (Å²) in [5, 5.41) is 0. The number of nitrogens with two attached hydrogens (primary N) is 1. The van der Waals surface area contributed by atoms with Crippen LogP contribution in [0, 0.1) is 0 Å². The quantitative estimate of drug-likeness (QED) is 0.399. The highest BCUT2D eigenvalue weighted by Crippen LogP contribution is 2.23. The summed E-state index contributed by atoms with van der Waals surface area (Å²) in [6.45, 7) is 1.97. The predicted octanol–water partition coefficient (Wildman–Crippen LogP) is 1.11. The first-order chi connectivity index (χ1) is 7.66. The Balaban J connectivity index is 2.14. The Bertz CT molecular complexity index is 320. The molecule has 0 aliphatic carbocycles. The number of carbonyl (C=O) groups excluding carboxylic acids is 2. The second-order valence-electron chi connectivity index (χ2n) is 3.67. The number of epoxide rings is 1. The van der Waals surface area contributed by atoms with Crippen LogP contribution in [-0.4, -0.2) is 23.9 Å². The van der Waals surface area contributed by atoms with Gasteiger partial charge in [0.2, 0.25) is 5.91 Å². The standard InChI is InChI=1S/C12H17NO3/c1-2-3-4-5-6-7-8-9(14)10-11(16-10)12(13)15/h2-3,6-7,10-11H,4-5,8H2,1H3,(H2,13,15)/b3-2+,7-6+/t10-,11-/m1/s1. The van der Waals surface area contributed by atoms with E-state index in [0.29, 0.717) is 6.42 Å². The highest BCUT2D eigenvalue weighted by Gasteiger charge is 2.48. The summed E-state index contributed by atoms with van der Waals surface area (Å²) in [7, 11) is 0. The van der Waals surface area contributed by atoms with Crippen LogP contribution in [0.1, 0.15) is 26.2 Å². The molecule has 0 unspecified atom stereocenters. The number of Topliss-reactive ketones (excluding diaryl/α,β-unsaturated/α-hetero) is 1. The summed E-state index contributed by atoms with van der Waals surface area (Å²) in [6, 6.07) is 0. The number of ketones is 1. The largest absolute Gasteiger partial charge is 0.367 e. The van der Waals surface area contributed by atoms with Crippen molar-refractivity contribution in [2.75, 3.05) is 0 Å².